The van der Waals surface area contributed by atoms with Gasteiger partial charge in [0.15, 0.2) is 0 Å². The van der Waals surface area contributed by atoms with Crippen LogP contribution in [-0.2, 0) is 11.2 Å². The van der Waals surface area contributed by atoms with Gasteiger partial charge in [0.2, 0.25) is 0 Å². The molecule has 0 atom stereocenters. The zero-order valence-electron chi connectivity index (χ0n) is 7.43. The van der Waals surface area contributed by atoms with Crippen molar-refractivity contribution in [3.05, 3.63) is 33.5 Å². The maximum absolute atomic E-state index is 10.4. The van der Waals surface area contributed by atoms with Gasteiger partial charge in [0, 0.05) is 13.0 Å². The van der Waals surface area contributed by atoms with Crippen molar-refractivity contribution in [1.82, 2.24) is 4.98 Å². The summed E-state index contributed by atoms with van der Waals surface area (Å²) < 4.78 is 0. The lowest BCUT2D eigenvalue weighted by atomic mass is 10.1. The van der Waals surface area contributed by atoms with Gasteiger partial charge >= 0.3 is 11.8 Å². The van der Waals surface area contributed by atoms with E-state index < -0.39 is 10.9 Å². The molecule has 1 N–H and O–H groups in total. The summed E-state index contributed by atoms with van der Waals surface area (Å²) in [7, 11) is 0. The Hall–Kier alpha value is -1.98. The van der Waals surface area contributed by atoms with Gasteiger partial charge in [0.1, 0.15) is 5.69 Å². The van der Waals surface area contributed by atoms with Crippen LogP contribution in [0.2, 0.25) is 0 Å². The van der Waals surface area contributed by atoms with Crippen LogP contribution in [0.3, 0.4) is 0 Å². The first-order chi connectivity index (χ1) is 6.49. The van der Waals surface area contributed by atoms with Crippen LogP contribution >= 0.6 is 0 Å². The molecule has 0 bridgehead atoms. The molecule has 0 aromatic carbocycles. The molecular formula is C8H8N2O4. The van der Waals surface area contributed by atoms with Crippen molar-refractivity contribution >= 4 is 11.8 Å². The summed E-state index contributed by atoms with van der Waals surface area (Å²) in [6.07, 6.45) is -0.232. The molecule has 0 saturated carbocycles. The lowest BCUT2D eigenvalue weighted by Gasteiger charge is -1.97. The van der Waals surface area contributed by atoms with Gasteiger partial charge < -0.3 is 15.2 Å². The van der Waals surface area contributed by atoms with E-state index in [1.165, 1.54) is 12.1 Å². The molecule has 14 heavy (non-hydrogen) atoms. The molecule has 0 aliphatic rings. The first-order valence-electron chi connectivity index (χ1n) is 3.83. The summed E-state index contributed by atoms with van der Waals surface area (Å²) in [5, 5.41) is 18.9. The second-order valence-corrected chi connectivity index (χ2v) is 2.80. The summed E-state index contributed by atoms with van der Waals surface area (Å²) in [5.41, 5.74) is 0.826. The van der Waals surface area contributed by atoms with E-state index in [4.69, 9.17) is 5.11 Å². The molecular weight excluding hydrogens is 188 g/mol. The molecule has 0 fully saturated rings. The lowest BCUT2D eigenvalue weighted by Crippen LogP contribution is -2.02. The Balaban J connectivity index is 3.07. The molecule has 0 unspecified atom stereocenters. The third kappa shape index (κ3) is 2.51. The van der Waals surface area contributed by atoms with E-state index >= 15 is 0 Å². The van der Waals surface area contributed by atoms with Crippen LogP contribution < -0.4 is 0 Å². The number of hydrogen-bond donors (Lipinski definition) is 1. The van der Waals surface area contributed by atoms with Gasteiger partial charge in [-0.1, -0.05) is 0 Å². The Morgan fingerprint density at radius 3 is 2.79 bits per heavy atom. The third-order valence-corrected chi connectivity index (χ3v) is 1.54. The highest BCUT2D eigenvalue weighted by Gasteiger charge is 2.12. The number of aromatic nitrogens is 1. The number of carbonyl (C=O) groups is 1. The zero-order chi connectivity index (χ0) is 10.7. The Morgan fingerprint density at radius 2 is 2.29 bits per heavy atom. The topological polar surface area (TPSA) is 93.3 Å². The molecule has 0 radical (unpaired) electrons. The fourth-order valence-electron chi connectivity index (χ4n) is 1.09. The summed E-state index contributed by atoms with van der Waals surface area (Å²) >= 11 is 0. The van der Waals surface area contributed by atoms with E-state index in [9.17, 15) is 14.9 Å². The van der Waals surface area contributed by atoms with Crippen LogP contribution in [0.25, 0.3) is 0 Å². The highest BCUT2D eigenvalue weighted by molar-refractivity contribution is 5.70. The predicted molar refractivity (Wildman–Crippen MR) is 47.0 cm³/mol. The number of aryl methyl sites for hydroxylation is 1. The maximum atomic E-state index is 10.4. The number of rotatable bonds is 3. The van der Waals surface area contributed by atoms with Gasteiger partial charge in [0.05, 0.1) is 6.42 Å². The minimum atomic E-state index is -1.02. The van der Waals surface area contributed by atoms with Crippen molar-refractivity contribution in [2.75, 3.05) is 0 Å². The van der Waals surface area contributed by atoms with Gasteiger partial charge in [-0.05, 0) is 21.5 Å². The summed E-state index contributed by atoms with van der Waals surface area (Å²) in [6.45, 7) is 1.58. The first kappa shape index (κ1) is 10.1. The maximum Gasteiger partial charge on any atom is 0.363 e. The molecule has 0 aliphatic carbocycles. The van der Waals surface area contributed by atoms with Gasteiger partial charge in [-0.15, -0.1) is 0 Å². The minimum Gasteiger partial charge on any atom is -0.481 e. The Labute approximate surface area is 79.4 Å². The average molecular weight is 196 g/mol. The third-order valence-electron chi connectivity index (χ3n) is 1.54. The Morgan fingerprint density at radius 1 is 1.64 bits per heavy atom. The van der Waals surface area contributed by atoms with Crippen molar-refractivity contribution in [3.63, 3.8) is 0 Å². The molecule has 1 heterocycles. The molecule has 1 rings (SSSR count). The fraction of sp³-hybridized carbons (Fsp3) is 0.250. The normalized spacial score (nSPS) is 9.79. The van der Waals surface area contributed by atoms with Crippen molar-refractivity contribution in [3.8, 4) is 0 Å². The van der Waals surface area contributed by atoms with Crippen LogP contribution in [0.4, 0.5) is 5.82 Å². The van der Waals surface area contributed by atoms with Crippen LogP contribution in [0, 0.1) is 17.0 Å². The number of carboxylic acid groups (broad SMARTS) is 1. The van der Waals surface area contributed by atoms with E-state index in [0.29, 0.717) is 11.3 Å². The smallest absolute Gasteiger partial charge is 0.363 e. The molecule has 0 amide bonds. The largest absolute Gasteiger partial charge is 0.481 e. The lowest BCUT2D eigenvalue weighted by molar-refractivity contribution is -0.389. The van der Waals surface area contributed by atoms with E-state index in [-0.39, 0.29) is 12.2 Å². The molecule has 6 nitrogen and oxygen atoms in total. The number of hydrogen-bond acceptors (Lipinski definition) is 4. The number of nitrogens with zero attached hydrogens (tertiary/aromatic N) is 2. The average Bonchev–Trinajstić information content (AvgIpc) is 2.01. The van der Waals surface area contributed by atoms with Gasteiger partial charge in [-0.2, -0.15) is 0 Å². The van der Waals surface area contributed by atoms with Gasteiger partial charge in [-0.25, -0.2) is 0 Å². The van der Waals surface area contributed by atoms with Crippen molar-refractivity contribution in [2.24, 2.45) is 0 Å². The Kier molecular flexibility index (Phi) is 2.76. The second kappa shape index (κ2) is 3.82. The fourth-order valence-corrected chi connectivity index (χ4v) is 1.09. The standard InChI is InChI=1S/C8H8N2O4/c1-5-2-6(4-8(11)12)3-7(9-5)10(13)14/h2-3H,4H2,1H3,(H,11,12). The SMILES string of the molecule is Cc1cc(CC(=O)O)cc([N+](=O)[O-])n1. The van der Waals surface area contributed by atoms with Crippen molar-refractivity contribution in [1.29, 1.82) is 0 Å². The Bertz CT molecular complexity index is 389. The highest BCUT2D eigenvalue weighted by Crippen LogP contribution is 2.12. The van der Waals surface area contributed by atoms with E-state index in [2.05, 4.69) is 4.98 Å². The number of carboxylic acids is 1. The molecule has 1 aromatic heterocycles. The minimum absolute atomic E-state index is 0.232. The zero-order valence-corrected chi connectivity index (χ0v) is 7.43. The summed E-state index contributed by atoms with van der Waals surface area (Å²) in [6, 6.07) is 2.68. The molecule has 0 aliphatic heterocycles. The monoisotopic (exact) mass is 196 g/mol. The molecule has 1 aromatic rings. The quantitative estimate of drug-likeness (QED) is 0.573. The molecule has 0 spiro atoms. The molecule has 6 heteroatoms. The second-order valence-electron chi connectivity index (χ2n) is 2.80. The van der Waals surface area contributed by atoms with Gasteiger partial charge in [-0.3, -0.25) is 4.79 Å². The van der Waals surface area contributed by atoms with Crippen LogP contribution in [0.1, 0.15) is 11.3 Å². The number of nitro groups is 1. The van der Waals surface area contributed by atoms with E-state index in [1.807, 2.05) is 0 Å². The number of pyridine rings is 1. The van der Waals surface area contributed by atoms with Crippen molar-refractivity contribution in [2.45, 2.75) is 13.3 Å². The molecule has 74 valence electrons. The van der Waals surface area contributed by atoms with Crippen LogP contribution in [0.15, 0.2) is 12.1 Å². The predicted octanol–water partition coefficient (Wildman–Crippen LogP) is 0.925. The first-order valence-corrected chi connectivity index (χ1v) is 3.83. The summed E-state index contributed by atoms with van der Waals surface area (Å²) in [4.78, 5) is 23.8. The van der Waals surface area contributed by atoms with Crippen LogP contribution in [-0.4, -0.2) is 21.0 Å². The van der Waals surface area contributed by atoms with Gasteiger partial charge in [0.25, 0.3) is 0 Å². The summed E-state index contributed by atoms with van der Waals surface area (Å²) in [5.74, 6) is -1.34. The van der Waals surface area contributed by atoms with Crippen LogP contribution in [0.5, 0.6) is 0 Å². The van der Waals surface area contributed by atoms with E-state index in [1.54, 1.807) is 6.92 Å². The number of aliphatic carboxylic acids is 1. The van der Waals surface area contributed by atoms with Crippen molar-refractivity contribution < 1.29 is 14.8 Å². The molecule has 0 saturated heterocycles. The van der Waals surface area contributed by atoms with E-state index in [0.717, 1.165) is 0 Å². The highest BCUT2D eigenvalue weighted by atomic mass is 16.6.